The fourth-order valence-electron chi connectivity index (χ4n) is 1.96. The Morgan fingerprint density at radius 1 is 1.04 bits per heavy atom. The molecule has 0 saturated heterocycles. The van der Waals surface area contributed by atoms with Crippen LogP contribution in [0.15, 0.2) is 48.8 Å². The van der Waals surface area contributed by atoms with Crippen molar-refractivity contribution < 1.29 is 14.3 Å². The second-order valence-corrected chi connectivity index (χ2v) is 5.52. The number of carbonyl (C=O) groups excluding carboxylic acids is 1. The zero-order chi connectivity index (χ0) is 16.7. The van der Waals surface area contributed by atoms with Crippen molar-refractivity contribution in [3.63, 3.8) is 0 Å². The smallest absolute Gasteiger partial charge is 0.349 e. The number of esters is 1. The summed E-state index contributed by atoms with van der Waals surface area (Å²) in [6.07, 6.45) is 7.54. The Balaban J connectivity index is 2.02. The van der Waals surface area contributed by atoms with Crippen LogP contribution in [-0.4, -0.2) is 23.2 Å². The first-order valence-corrected chi connectivity index (χ1v) is 7.55. The Labute approximate surface area is 136 Å². The largest absolute Gasteiger partial charge is 0.476 e. The predicted octanol–water partition coefficient (Wildman–Crippen LogP) is 3.97. The molecule has 1 heterocycles. The number of aromatic nitrogens is 1. The van der Waals surface area contributed by atoms with Crippen LogP contribution in [0.25, 0.3) is 12.2 Å². The lowest BCUT2D eigenvalue weighted by atomic mass is 10.1. The lowest BCUT2D eigenvalue weighted by Gasteiger charge is -2.24. The molecule has 0 unspecified atom stereocenters. The molecule has 4 nitrogen and oxygen atoms in total. The van der Waals surface area contributed by atoms with Gasteiger partial charge < -0.3 is 9.47 Å². The van der Waals surface area contributed by atoms with E-state index >= 15 is 0 Å². The second-order valence-electron chi connectivity index (χ2n) is 5.52. The summed E-state index contributed by atoms with van der Waals surface area (Å²) in [4.78, 5) is 15.8. The van der Waals surface area contributed by atoms with Gasteiger partial charge in [-0.15, -0.1) is 0 Å². The first-order chi connectivity index (χ1) is 11.0. The van der Waals surface area contributed by atoms with Crippen molar-refractivity contribution in [2.45, 2.75) is 26.4 Å². The summed E-state index contributed by atoms with van der Waals surface area (Å²) in [6.45, 7) is 5.51. The SMILES string of the molecule is CCOC(=O)C(C)(C)Oc1ccc(/C=C/c2ccncc2)cc1. The van der Waals surface area contributed by atoms with Crippen LogP contribution in [0.2, 0.25) is 0 Å². The fourth-order valence-corrected chi connectivity index (χ4v) is 1.96. The highest BCUT2D eigenvalue weighted by molar-refractivity contribution is 5.79. The molecule has 1 aromatic heterocycles. The molecule has 0 aliphatic carbocycles. The van der Waals surface area contributed by atoms with E-state index in [0.29, 0.717) is 12.4 Å². The molecule has 0 radical (unpaired) electrons. The van der Waals surface area contributed by atoms with Gasteiger partial charge in [-0.25, -0.2) is 4.79 Å². The number of benzene rings is 1. The molecule has 0 aliphatic heterocycles. The van der Waals surface area contributed by atoms with Crippen LogP contribution in [0.4, 0.5) is 0 Å². The predicted molar refractivity (Wildman–Crippen MR) is 90.9 cm³/mol. The van der Waals surface area contributed by atoms with Gasteiger partial charge in [-0.2, -0.15) is 0 Å². The van der Waals surface area contributed by atoms with Crippen LogP contribution >= 0.6 is 0 Å². The number of hydrogen-bond acceptors (Lipinski definition) is 4. The topological polar surface area (TPSA) is 48.4 Å². The van der Waals surface area contributed by atoms with Gasteiger partial charge in [0.25, 0.3) is 0 Å². The molecule has 23 heavy (non-hydrogen) atoms. The summed E-state index contributed by atoms with van der Waals surface area (Å²) < 4.78 is 10.7. The number of nitrogens with zero attached hydrogens (tertiary/aromatic N) is 1. The molecule has 0 amide bonds. The number of carbonyl (C=O) groups is 1. The zero-order valence-electron chi connectivity index (χ0n) is 13.7. The van der Waals surface area contributed by atoms with E-state index < -0.39 is 5.60 Å². The maximum atomic E-state index is 11.8. The standard InChI is InChI=1S/C19H21NO3/c1-4-22-18(21)19(2,3)23-17-9-7-15(8-10-17)5-6-16-11-13-20-14-12-16/h5-14H,4H2,1-3H3/b6-5+. The zero-order valence-corrected chi connectivity index (χ0v) is 13.7. The van der Waals surface area contributed by atoms with Crippen LogP contribution in [0.1, 0.15) is 31.9 Å². The van der Waals surface area contributed by atoms with E-state index in [2.05, 4.69) is 4.98 Å². The van der Waals surface area contributed by atoms with Crippen molar-refractivity contribution in [3.05, 3.63) is 59.9 Å². The van der Waals surface area contributed by atoms with E-state index in [1.165, 1.54) is 0 Å². The third-order valence-corrected chi connectivity index (χ3v) is 3.19. The molecule has 4 heteroatoms. The number of ether oxygens (including phenoxy) is 2. The molecule has 2 rings (SSSR count). The Hall–Kier alpha value is -2.62. The molecular formula is C19H21NO3. The highest BCUT2D eigenvalue weighted by Crippen LogP contribution is 2.21. The van der Waals surface area contributed by atoms with Crippen molar-refractivity contribution in [1.29, 1.82) is 0 Å². The van der Waals surface area contributed by atoms with Gasteiger partial charge in [0, 0.05) is 12.4 Å². The molecule has 0 N–H and O–H groups in total. The maximum absolute atomic E-state index is 11.8. The summed E-state index contributed by atoms with van der Waals surface area (Å²) >= 11 is 0. The van der Waals surface area contributed by atoms with Crippen molar-refractivity contribution in [1.82, 2.24) is 4.98 Å². The fraction of sp³-hybridized carbons (Fsp3) is 0.263. The average molecular weight is 311 g/mol. The molecule has 0 bridgehead atoms. The lowest BCUT2D eigenvalue weighted by molar-refractivity contribution is -0.158. The van der Waals surface area contributed by atoms with Crippen LogP contribution in [0.3, 0.4) is 0 Å². The monoisotopic (exact) mass is 311 g/mol. The van der Waals surface area contributed by atoms with Crippen LogP contribution < -0.4 is 4.74 Å². The average Bonchev–Trinajstić information content (AvgIpc) is 2.55. The quantitative estimate of drug-likeness (QED) is 0.757. The molecule has 0 spiro atoms. The van der Waals surface area contributed by atoms with Crippen LogP contribution in [0.5, 0.6) is 5.75 Å². The van der Waals surface area contributed by atoms with Gasteiger partial charge in [-0.1, -0.05) is 24.3 Å². The summed E-state index contributed by atoms with van der Waals surface area (Å²) in [7, 11) is 0. The van der Waals surface area contributed by atoms with Crippen LogP contribution in [-0.2, 0) is 9.53 Å². The second kappa shape index (κ2) is 7.58. The Morgan fingerprint density at radius 2 is 1.61 bits per heavy atom. The molecule has 0 atom stereocenters. The van der Waals surface area contributed by atoms with Gasteiger partial charge in [0.15, 0.2) is 5.60 Å². The normalized spacial score (nSPS) is 11.4. The Bertz CT molecular complexity index is 661. The van der Waals surface area contributed by atoms with E-state index in [-0.39, 0.29) is 5.97 Å². The van der Waals surface area contributed by atoms with Crippen LogP contribution in [0, 0.1) is 0 Å². The van der Waals surface area contributed by atoms with Gasteiger partial charge in [0.2, 0.25) is 0 Å². The van der Waals surface area contributed by atoms with Crippen molar-refractivity contribution >= 4 is 18.1 Å². The van der Waals surface area contributed by atoms with Gasteiger partial charge in [-0.05, 0) is 56.2 Å². The van der Waals surface area contributed by atoms with Crippen molar-refractivity contribution in [2.24, 2.45) is 0 Å². The number of rotatable bonds is 6. The Kier molecular flexibility index (Phi) is 5.52. The minimum absolute atomic E-state index is 0.338. The first kappa shape index (κ1) is 16.7. The molecule has 2 aromatic rings. The van der Waals surface area contributed by atoms with E-state index in [4.69, 9.17) is 9.47 Å². The van der Waals surface area contributed by atoms with E-state index in [1.807, 2.05) is 48.6 Å². The Morgan fingerprint density at radius 3 is 2.17 bits per heavy atom. The minimum Gasteiger partial charge on any atom is -0.476 e. The lowest BCUT2D eigenvalue weighted by Crippen LogP contribution is -2.39. The molecule has 0 saturated carbocycles. The maximum Gasteiger partial charge on any atom is 0.349 e. The highest BCUT2D eigenvalue weighted by atomic mass is 16.6. The highest BCUT2D eigenvalue weighted by Gasteiger charge is 2.31. The molecule has 1 aromatic carbocycles. The van der Waals surface area contributed by atoms with Gasteiger partial charge in [-0.3, -0.25) is 4.98 Å². The van der Waals surface area contributed by atoms with Gasteiger partial charge >= 0.3 is 5.97 Å². The summed E-state index contributed by atoms with van der Waals surface area (Å²) in [5, 5.41) is 0. The summed E-state index contributed by atoms with van der Waals surface area (Å²) in [5.74, 6) is 0.255. The third kappa shape index (κ3) is 4.95. The number of hydrogen-bond donors (Lipinski definition) is 0. The number of pyridine rings is 1. The molecule has 0 aliphatic rings. The van der Waals surface area contributed by atoms with Crippen molar-refractivity contribution in [3.8, 4) is 5.75 Å². The summed E-state index contributed by atoms with van der Waals surface area (Å²) in [6, 6.07) is 11.4. The summed E-state index contributed by atoms with van der Waals surface area (Å²) in [5.41, 5.74) is 1.12. The first-order valence-electron chi connectivity index (χ1n) is 7.55. The molecule has 120 valence electrons. The van der Waals surface area contributed by atoms with E-state index in [9.17, 15) is 4.79 Å². The van der Waals surface area contributed by atoms with E-state index in [1.54, 1.807) is 33.2 Å². The third-order valence-electron chi connectivity index (χ3n) is 3.19. The van der Waals surface area contributed by atoms with E-state index in [0.717, 1.165) is 11.1 Å². The van der Waals surface area contributed by atoms with Gasteiger partial charge in [0.1, 0.15) is 5.75 Å². The van der Waals surface area contributed by atoms with Gasteiger partial charge in [0.05, 0.1) is 6.61 Å². The minimum atomic E-state index is -1.01. The van der Waals surface area contributed by atoms with Crippen molar-refractivity contribution in [2.75, 3.05) is 6.61 Å². The molecule has 0 fully saturated rings. The molecular weight excluding hydrogens is 290 g/mol.